The number of hydrogen-bond acceptors (Lipinski definition) is 2. The van der Waals surface area contributed by atoms with Crippen LogP contribution in [0, 0.1) is 5.92 Å². The number of nitrogens with zero attached hydrogens (tertiary/aromatic N) is 1. The van der Waals surface area contributed by atoms with Gasteiger partial charge >= 0.3 is 0 Å². The van der Waals surface area contributed by atoms with E-state index in [1.54, 1.807) is 0 Å². The molecular weight excluding hydrogens is 160 g/mol. The molecule has 0 aromatic rings. The van der Waals surface area contributed by atoms with Crippen LogP contribution < -0.4 is 5.73 Å². The van der Waals surface area contributed by atoms with Gasteiger partial charge < -0.3 is 5.73 Å². The number of rotatable bonds is 6. The molecule has 0 aliphatic heterocycles. The molecule has 1 atom stereocenters. The van der Waals surface area contributed by atoms with E-state index in [0.29, 0.717) is 6.04 Å². The summed E-state index contributed by atoms with van der Waals surface area (Å²) in [6, 6.07) is 0.586. The summed E-state index contributed by atoms with van der Waals surface area (Å²) in [5.74, 6) is 0.861. The summed E-state index contributed by atoms with van der Waals surface area (Å²) in [6.45, 7) is 7.98. The first kappa shape index (κ1) is 10.7. The molecule has 1 fully saturated rings. The highest BCUT2D eigenvalue weighted by Gasteiger charge is 2.32. The van der Waals surface area contributed by atoms with Crippen LogP contribution in [-0.4, -0.2) is 31.1 Å². The quantitative estimate of drug-likeness (QED) is 0.632. The van der Waals surface area contributed by atoms with Crippen molar-refractivity contribution < 1.29 is 0 Å². The van der Waals surface area contributed by atoms with Crippen LogP contribution in [0.1, 0.15) is 26.2 Å². The van der Waals surface area contributed by atoms with E-state index in [-0.39, 0.29) is 0 Å². The van der Waals surface area contributed by atoms with E-state index in [0.717, 1.165) is 25.4 Å². The maximum Gasteiger partial charge on any atom is 0.0246 e. The number of likely N-dealkylation sites (N-methyl/N-ethyl adjacent to an activating group) is 1. The molecule has 1 rings (SSSR count). The van der Waals surface area contributed by atoms with Crippen LogP contribution in [-0.2, 0) is 0 Å². The SMILES string of the molecule is C=C(CC)CN(C)C(CN)C1CC1. The van der Waals surface area contributed by atoms with E-state index in [1.165, 1.54) is 18.4 Å². The summed E-state index contributed by atoms with van der Waals surface area (Å²) >= 11 is 0. The molecule has 0 radical (unpaired) electrons. The zero-order valence-corrected chi connectivity index (χ0v) is 8.92. The lowest BCUT2D eigenvalue weighted by molar-refractivity contribution is 0.240. The number of nitrogens with two attached hydrogens (primary N) is 1. The Morgan fingerprint density at radius 3 is 2.62 bits per heavy atom. The molecule has 0 bridgehead atoms. The monoisotopic (exact) mass is 182 g/mol. The molecule has 1 unspecified atom stereocenters. The van der Waals surface area contributed by atoms with Crippen molar-refractivity contribution in [2.45, 2.75) is 32.2 Å². The summed E-state index contributed by atoms with van der Waals surface area (Å²) < 4.78 is 0. The minimum Gasteiger partial charge on any atom is -0.329 e. The maximum atomic E-state index is 5.76. The highest BCUT2D eigenvalue weighted by Crippen LogP contribution is 2.34. The lowest BCUT2D eigenvalue weighted by Gasteiger charge is -2.27. The normalized spacial score (nSPS) is 19.1. The van der Waals surface area contributed by atoms with Gasteiger partial charge in [0.15, 0.2) is 0 Å². The van der Waals surface area contributed by atoms with Crippen LogP contribution in [0.4, 0.5) is 0 Å². The molecular formula is C11H22N2. The van der Waals surface area contributed by atoms with Crippen LogP contribution in [0.25, 0.3) is 0 Å². The first-order valence-electron chi connectivity index (χ1n) is 5.26. The molecule has 2 nitrogen and oxygen atoms in total. The smallest absolute Gasteiger partial charge is 0.0246 e. The third-order valence-corrected chi connectivity index (χ3v) is 2.95. The van der Waals surface area contributed by atoms with Crippen molar-refractivity contribution >= 4 is 0 Å². The molecule has 1 aliphatic rings. The Morgan fingerprint density at radius 2 is 2.23 bits per heavy atom. The lowest BCUT2D eigenvalue weighted by Crippen LogP contribution is -2.40. The summed E-state index contributed by atoms with van der Waals surface area (Å²) in [5.41, 5.74) is 7.07. The third-order valence-electron chi connectivity index (χ3n) is 2.95. The molecule has 2 N–H and O–H groups in total. The Hall–Kier alpha value is -0.340. The fraction of sp³-hybridized carbons (Fsp3) is 0.818. The third kappa shape index (κ3) is 3.12. The number of hydrogen-bond donors (Lipinski definition) is 1. The zero-order chi connectivity index (χ0) is 9.84. The van der Waals surface area contributed by atoms with Gasteiger partial charge in [-0.15, -0.1) is 0 Å². The van der Waals surface area contributed by atoms with Crippen molar-refractivity contribution in [3.8, 4) is 0 Å². The van der Waals surface area contributed by atoms with Crippen LogP contribution in [0.2, 0.25) is 0 Å². The second kappa shape index (κ2) is 4.77. The van der Waals surface area contributed by atoms with Crippen molar-refractivity contribution in [3.63, 3.8) is 0 Å². The predicted molar refractivity (Wildman–Crippen MR) is 57.6 cm³/mol. The molecule has 0 heterocycles. The van der Waals surface area contributed by atoms with Gasteiger partial charge in [-0.05, 0) is 32.2 Å². The minimum atomic E-state index is 0.586. The maximum absolute atomic E-state index is 5.76. The molecule has 76 valence electrons. The molecule has 0 aromatic heterocycles. The molecule has 0 spiro atoms. The van der Waals surface area contributed by atoms with Crippen LogP contribution in [0.3, 0.4) is 0 Å². The van der Waals surface area contributed by atoms with Crippen molar-refractivity contribution in [2.75, 3.05) is 20.1 Å². The lowest BCUT2D eigenvalue weighted by atomic mass is 10.1. The molecule has 0 saturated heterocycles. The first-order valence-corrected chi connectivity index (χ1v) is 5.26. The van der Waals surface area contributed by atoms with E-state index in [2.05, 4.69) is 25.5 Å². The van der Waals surface area contributed by atoms with Gasteiger partial charge in [-0.25, -0.2) is 0 Å². The Labute approximate surface area is 81.8 Å². The fourth-order valence-electron chi connectivity index (χ4n) is 1.80. The van der Waals surface area contributed by atoms with Gasteiger partial charge in [-0.3, -0.25) is 4.90 Å². The van der Waals surface area contributed by atoms with Gasteiger partial charge in [-0.2, -0.15) is 0 Å². The second-order valence-corrected chi connectivity index (χ2v) is 4.16. The van der Waals surface area contributed by atoms with Gasteiger partial charge in [0.25, 0.3) is 0 Å². The summed E-state index contributed by atoms with van der Waals surface area (Å²) in [7, 11) is 2.16. The Balaban J connectivity index is 2.34. The Bertz CT molecular complexity index is 173. The van der Waals surface area contributed by atoms with Crippen molar-refractivity contribution in [3.05, 3.63) is 12.2 Å². The first-order chi connectivity index (χ1) is 6.19. The predicted octanol–water partition coefficient (Wildman–Crippen LogP) is 1.62. The highest BCUT2D eigenvalue weighted by molar-refractivity contribution is 4.98. The van der Waals surface area contributed by atoms with Gasteiger partial charge in [0.2, 0.25) is 0 Å². The molecule has 1 aliphatic carbocycles. The van der Waals surface area contributed by atoms with E-state index in [4.69, 9.17) is 5.73 Å². The Kier molecular flexibility index (Phi) is 3.94. The fourth-order valence-corrected chi connectivity index (χ4v) is 1.80. The minimum absolute atomic E-state index is 0.586. The van der Waals surface area contributed by atoms with E-state index in [1.807, 2.05) is 0 Å². The van der Waals surface area contributed by atoms with E-state index >= 15 is 0 Å². The molecule has 2 heteroatoms. The van der Waals surface area contributed by atoms with Crippen molar-refractivity contribution in [1.29, 1.82) is 0 Å². The molecule has 13 heavy (non-hydrogen) atoms. The second-order valence-electron chi connectivity index (χ2n) is 4.16. The molecule has 0 aromatic carbocycles. The van der Waals surface area contributed by atoms with E-state index in [9.17, 15) is 0 Å². The standard InChI is InChI=1S/C11H22N2/c1-4-9(2)8-13(3)11(7-12)10-5-6-10/h10-11H,2,4-8,12H2,1,3H3. The highest BCUT2D eigenvalue weighted by atomic mass is 15.1. The van der Waals surface area contributed by atoms with Gasteiger partial charge in [0, 0.05) is 19.1 Å². The van der Waals surface area contributed by atoms with Gasteiger partial charge in [-0.1, -0.05) is 19.1 Å². The van der Waals surface area contributed by atoms with Gasteiger partial charge in [0.05, 0.1) is 0 Å². The average molecular weight is 182 g/mol. The average Bonchev–Trinajstić information content (AvgIpc) is 2.89. The van der Waals surface area contributed by atoms with Crippen LogP contribution in [0.5, 0.6) is 0 Å². The topological polar surface area (TPSA) is 29.3 Å². The molecule has 0 amide bonds. The van der Waals surface area contributed by atoms with E-state index < -0.39 is 0 Å². The van der Waals surface area contributed by atoms with Crippen molar-refractivity contribution in [1.82, 2.24) is 4.90 Å². The largest absolute Gasteiger partial charge is 0.329 e. The summed E-state index contributed by atoms with van der Waals surface area (Å²) in [6.07, 6.45) is 3.81. The van der Waals surface area contributed by atoms with Gasteiger partial charge in [0.1, 0.15) is 0 Å². The summed E-state index contributed by atoms with van der Waals surface area (Å²) in [4.78, 5) is 2.36. The Morgan fingerprint density at radius 1 is 1.62 bits per heavy atom. The zero-order valence-electron chi connectivity index (χ0n) is 8.92. The van der Waals surface area contributed by atoms with Crippen molar-refractivity contribution in [2.24, 2.45) is 11.7 Å². The molecule has 1 saturated carbocycles. The van der Waals surface area contributed by atoms with Crippen LogP contribution in [0.15, 0.2) is 12.2 Å². The van der Waals surface area contributed by atoms with Crippen LogP contribution >= 0.6 is 0 Å². The summed E-state index contributed by atoms with van der Waals surface area (Å²) in [5, 5.41) is 0.